The highest BCUT2D eigenvalue weighted by atomic mass is 32.1. The minimum absolute atomic E-state index is 0.0726. The van der Waals surface area contributed by atoms with E-state index >= 15 is 0 Å². The quantitative estimate of drug-likeness (QED) is 0.252. The molecule has 1 fully saturated rings. The second kappa shape index (κ2) is 7.16. The second-order valence-corrected chi connectivity index (χ2v) is 5.25. The summed E-state index contributed by atoms with van der Waals surface area (Å²) in [7, 11) is 0. The minimum Gasteiger partial charge on any atom is -0.394 e. The maximum absolute atomic E-state index is 11.5. The fourth-order valence-electron chi connectivity index (χ4n) is 2.07. The van der Waals surface area contributed by atoms with Crippen LogP contribution in [-0.4, -0.2) is 72.8 Å². The number of nitrogens with one attached hydrogen (secondary N) is 4. The monoisotopic (exact) mass is 348 g/mol. The van der Waals surface area contributed by atoms with Crippen molar-refractivity contribution in [2.24, 2.45) is 0 Å². The summed E-state index contributed by atoms with van der Waals surface area (Å²) < 4.78 is 4.95. The number of aliphatic hydroxyl groups excluding tert-OH is 4. The molecule has 0 bridgehead atoms. The van der Waals surface area contributed by atoms with Gasteiger partial charge in [0.05, 0.1) is 6.61 Å². The zero-order chi connectivity index (χ0) is 17.1. The number of rotatable bonds is 3. The third kappa shape index (κ3) is 3.93. The van der Waals surface area contributed by atoms with Crippen LogP contribution in [0.5, 0.6) is 0 Å². The molecule has 128 valence electrons. The molecule has 1 saturated heterocycles. The van der Waals surface area contributed by atoms with E-state index in [1.54, 1.807) is 0 Å². The van der Waals surface area contributed by atoms with Gasteiger partial charge in [-0.2, -0.15) is 0 Å². The Balaban J connectivity index is 2.04. The minimum atomic E-state index is -1.56. The third-order valence-corrected chi connectivity index (χ3v) is 3.49. The van der Waals surface area contributed by atoms with Gasteiger partial charge in [0.1, 0.15) is 30.0 Å². The van der Waals surface area contributed by atoms with E-state index in [-0.39, 0.29) is 10.8 Å². The lowest BCUT2D eigenvalue weighted by Gasteiger charge is -2.40. The van der Waals surface area contributed by atoms with Crippen LogP contribution in [0.3, 0.4) is 0 Å². The zero-order valence-corrected chi connectivity index (χ0v) is 12.4. The van der Waals surface area contributed by atoms with E-state index in [4.69, 9.17) is 22.1 Å². The lowest BCUT2D eigenvalue weighted by Crippen LogP contribution is -2.64. The van der Waals surface area contributed by atoms with Crippen molar-refractivity contribution in [3.63, 3.8) is 0 Å². The Bertz CT molecular complexity index is 677. The second-order valence-electron chi connectivity index (χ2n) is 4.84. The van der Waals surface area contributed by atoms with Gasteiger partial charge in [-0.25, -0.2) is 4.79 Å². The molecule has 11 nitrogen and oxygen atoms in total. The first-order valence-electron chi connectivity index (χ1n) is 6.53. The first kappa shape index (κ1) is 17.5. The number of hydrogen-bond donors (Lipinski definition) is 8. The summed E-state index contributed by atoms with van der Waals surface area (Å²) >= 11 is 4.94. The smallest absolute Gasteiger partial charge is 0.325 e. The molecule has 1 aliphatic heterocycles. The van der Waals surface area contributed by atoms with Crippen molar-refractivity contribution in [2.45, 2.75) is 30.6 Å². The normalized spacial score (nSPS) is 30.7. The number of aromatic amines is 2. The van der Waals surface area contributed by atoms with Gasteiger partial charge in [0.25, 0.3) is 5.56 Å². The molecule has 12 heteroatoms. The number of hydrogen-bond acceptors (Lipinski definition) is 8. The number of aromatic nitrogens is 2. The summed E-state index contributed by atoms with van der Waals surface area (Å²) in [5.41, 5.74) is -1.49. The summed E-state index contributed by atoms with van der Waals surface area (Å²) in [4.78, 5) is 26.6. The fraction of sp³-hybridized carbons (Fsp3) is 0.545. The van der Waals surface area contributed by atoms with Crippen molar-refractivity contribution < 1.29 is 25.2 Å². The number of anilines is 1. The lowest BCUT2D eigenvalue weighted by molar-refractivity contribution is -0.251. The molecule has 0 saturated carbocycles. The summed E-state index contributed by atoms with van der Waals surface area (Å²) in [6, 6.07) is -1.20. The van der Waals surface area contributed by atoms with Gasteiger partial charge in [0.15, 0.2) is 11.4 Å². The van der Waals surface area contributed by atoms with Crippen LogP contribution in [0, 0.1) is 0 Å². The molecule has 8 N–H and O–H groups in total. The SMILES string of the molecule is O=c1[nH]cc(NC(=S)N[C@@H]2[C@@H](O)[C@@H](O)[C@H](CO)O[C@@H]2O)c(=O)[nH]1. The molecule has 1 aliphatic rings. The van der Waals surface area contributed by atoms with Gasteiger partial charge in [-0.15, -0.1) is 0 Å². The highest BCUT2D eigenvalue weighted by Crippen LogP contribution is 2.19. The standard InChI is InChI=1S/C11H16N4O7S/c16-2-4-6(17)7(18)5(9(20)22-4)14-11(23)13-3-1-12-10(21)15-8(3)19/h1,4-7,9,16-18,20H,2H2,(H2,13,14,23)(H2,12,15,19,21)/t4-,5+,6-,7+,9-/m0/s1. The largest absolute Gasteiger partial charge is 0.394 e. The Morgan fingerprint density at radius 2 is 2.00 bits per heavy atom. The first-order valence-corrected chi connectivity index (χ1v) is 6.94. The molecular formula is C11H16N4O7S. The van der Waals surface area contributed by atoms with E-state index < -0.39 is 48.5 Å². The predicted octanol–water partition coefficient (Wildman–Crippen LogP) is -3.85. The average Bonchev–Trinajstić information content (AvgIpc) is 2.50. The zero-order valence-electron chi connectivity index (χ0n) is 11.6. The highest BCUT2D eigenvalue weighted by molar-refractivity contribution is 7.80. The first-order chi connectivity index (χ1) is 10.8. The highest BCUT2D eigenvalue weighted by Gasteiger charge is 2.43. The van der Waals surface area contributed by atoms with Crippen LogP contribution < -0.4 is 21.9 Å². The molecule has 0 aromatic carbocycles. The molecule has 0 spiro atoms. The predicted molar refractivity (Wildman–Crippen MR) is 80.8 cm³/mol. The van der Waals surface area contributed by atoms with E-state index in [0.717, 1.165) is 6.20 Å². The van der Waals surface area contributed by atoms with Crippen LogP contribution in [0.2, 0.25) is 0 Å². The van der Waals surface area contributed by atoms with Crippen LogP contribution in [0.25, 0.3) is 0 Å². The molecule has 0 radical (unpaired) electrons. The summed E-state index contributed by atoms with van der Waals surface area (Å²) in [5, 5.41) is 43.3. The third-order valence-electron chi connectivity index (χ3n) is 3.27. The Kier molecular flexibility index (Phi) is 5.46. The van der Waals surface area contributed by atoms with Crippen LogP contribution >= 0.6 is 12.2 Å². The maximum Gasteiger partial charge on any atom is 0.325 e. The van der Waals surface area contributed by atoms with E-state index in [2.05, 4.69) is 15.6 Å². The van der Waals surface area contributed by atoms with Crippen LogP contribution in [0.1, 0.15) is 0 Å². The van der Waals surface area contributed by atoms with Crippen LogP contribution in [0.4, 0.5) is 5.69 Å². The molecule has 0 amide bonds. The van der Waals surface area contributed by atoms with Crippen molar-refractivity contribution in [2.75, 3.05) is 11.9 Å². The molecule has 5 atom stereocenters. The van der Waals surface area contributed by atoms with Crippen LogP contribution in [-0.2, 0) is 4.74 Å². The van der Waals surface area contributed by atoms with E-state index in [1.165, 1.54) is 0 Å². The van der Waals surface area contributed by atoms with Crippen molar-refractivity contribution in [3.05, 3.63) is 27.0 Å². The summed E-state index contributed by atoms with van der Waals surface area (Å²) in [5.74, 6) is 0. The number of thiocarbonyl (C=S) groups is 1. The Labute approximate surface area is 133 Å². The molecule has 1 aromatic heterocycles. The average molecular weight is 348 g/mol. The van der Waals surface area contributed by atoms with Crippen molar-refractivity contribution in [1.29, 1.82) is 0 Å². The molecule has 1 aromatic rings. The molecule has 0 unspecified atom stereocenters. The van der Waals surface area contributed by atoms with Gasteiger partial charge in [-0.1, -0.05) is 0 Å². The molecule has 23 heavy (non-hydrogen) atoms. The van der Waals surface area contributed by atoms with E-state index in [9.17, 15) is 24.9 Å². The number of aliphatic hydroxyl groups is 4. The number of H-pyrrole nitrogens is 2. The maximum atomic E-state index is 11.5. The van der Waals surface area contributed by atoms with Gasteiger partial charge >= 0.3 is 5.69 Å². The molecule has 2 heterocycles. The van der Waals surface area contributed by atoms with Gasteiger partial charge in [-0.3, -0.25) is 9.78 Å². The fourth-order valence-corrected chi connectivity index (χ4v) is 2.31. The van der Waals surface area contributed by atoms with E-state index in [0.29, 0.717) is 0 Å². The Hall–Kier alpha value is -1.83. The summed E-state index contributed by atoms with van der Waals surface area (Å²) in [6.45, 7) is -0.586. The Morgan fingerprint density at radius 3 is 2.61 bits per heavy atom. The lowest BCUT2D eigenvalue weighted by atomic mass is 9.97. The van der Waals surface area contributed by atoms with Crippen LogP contribution in [0.15, 0.2) is 15.8 Å². The Morgan fingerprint density at radius 1 is 1.30 bits per heavy atom. The van der Waals surface area contributed by atoms with Gasteiger partial charge in [0.2, 0.25) is 0 Å². The van der Waals surface area contributed by atoms with Gasteiger partial charge in [0, 0.05) is 6.20 Å². The van der Waals surface area contributed by atoms with Gasteiger partial charge in [-0.05, 0) is 12.2 Å². The topological polar surface area (TPSA) is 180 Å². The van der Waals surface area contributed by atoms with Crippen molar-refractivity contribution in [3.8, 4) is 0 Å². The van der Waals surface area contributed by atoms with Crippen molar-refractivity contribution >= 4 is 23.0 Å². The molecule has 2 rings (SSSR count). The van der Waals surface area contributed by atoms with E-state index in [1.807, 2.05) is 4.98 Å². The summed E-state index contributed by atoms with van der Waals surface area (Å²) in [6.07, 6.45) is -4.53. The van der Waals surface area contributed by atoms with Gasteiger partial charge < -0.3 is 40.8 Å². The molecule has 0 aliphatic carbocycles. The molecular weight excluding hydrogens is 332 g/mol. The number of ether oxygens (including phenoxy) is 1. The van der Waals surface area contributed by atoms with Crippen molar-refractivity contribution in [1.82, 2.24) is 15.3 Å².